The molecule has 4 heterocycles. The minimum atomic E-state index is -1.23. The molecule has 13 nitrogen and oxygen atoms in total. The molecule has 1 saturated carbocycles. The largest absolute Gasteiger partial charge is 0.477 e. The smallest absolute Gasteiger partial charge is 0.353 e. The van der Waals surface area contributed by atoms with Gasteiger partial charge in [0.1, 0.15) is 28.9 Å². The number of hydrogen-bond acceptors (Lipinski definition) is 12. The molecule has 3 aliphatic rings. The molecular formula is C24H26N8O5S4. The van der Waals surface area contributed by atoms with E-state index in [9.17, 15) is 19.5 Å². The average molecular weight is 635 g/mol. The van der Waals surface area contributed by atoms with Crippen LogP contribution in [-0.2, 0) is 25.8 Å². The maximum absolute atomic E-state index is 13.3. The Morgan fingerprint density at radius 1 is 1.34 bits per heavy atom. The van der Waals surface area contributed by atoms with Crippen molar-refractivity contribution in [1.29, 1.82) is 0 Å². The summed E-state index contributed by atoms with van der Waals surface area (Å²) in [6.45, 7) is 0.321. The third-order valence-electron chi connectivity index (χ3n) is 6.47. The van der Waals surface area contributed by atoms with Crippen molar-refractivity contribution in [3.05, 3.63) is 45.7 Å². The second kappa shape index (κ2) is 12.6. The number of fused-ring (bicyclic) bond motifs is 1. The zero-order chi connectivity index (χ0) is 29.1. The van der Waals surface area contributed by atoms with Gasteiger partial charge in [-0.2, -0.15) is 0 Å². The van der Waals surface area contributed by atoms with Crippen LogP contribution >= 0.6 is 47.1 Å². The molecule has 0 radical (unpaired) electrons. The van der Waals surface area contributed by atoms with E-state index in [1.54, 1.807) is 23.7 Å². The number of nitrogen functional groups attached to an aromatic ring is 1. The Hall–Kier alpha value is -3.41. The zero-order valence-electron chi connectivity index (χ0n) is 21.4. The highest BCUT2D eigenvalue weighted by atomic mass is 32.2. The lowest BCUT2D eigenvalue weighted by molar-refractivity contribution is -0.150. The lowest BCUT2D eigenvalue weighted by Gasteiger charge is -2.49. The number of pyridine rings is 1. The summed E-state index contributed by atoms with van der Waals surface area (Å²) in [7, 11) is 0. The second-order valence-electron chi connectivity index (χ2n) is 9.26. The van der Waals surface area contributed by atoms with Gasteiger partial charge in [-0.3, -0.25) is 19.5 Å². The number of nitrogens with one attached hydrogen (secondary N) is 2. The maximum atomic E-state index is 13.3. The van der Waals surface area contributed by atoms with Gasteiger partial charge in [-0.05, 0) is 50.0 Å². The van der Waals surface area contributed by atoms with Crippen LogP contribution in [0.5, 0.6) is 0 Å². The zero-order valence-corrected chi connectivity index (χ0v) is 24.7. The summed E-state index contributed by atoms with van der Waals surface area (Å²) in [5.74, 6) is -2.09. The molecule has 216 valence electrons. The fourth-order valence-corrected chi connectivity index (χ4v) is 7.68. The Morgan fingerprint density at radius 2 is 2.12 bits per heavy atom. The van der Waals surface area contributed by atoms with E-state index in [1.165, 1.54) is 28.4 Å². The van der Waals surface area contributed by atoms with Crippen molar-refractivity contribution in [3.8, 4) is 0 Å². The van der Waals surface area contributed by atoms with Crippen LogP contribution < -0.4 is 22.1 Å². The molecule has 2 atom stereocenters. The van der Waals surface area contributed by atoms with E-state index < -0.39 is 29.2 Å². The molecule has 2 aromatic rings. The Kier molecular flexibility index (Phi) is 8.96. The summed E-state index contributed by atoms with van der Waals surface area (Å²) >= 11 is 8.58. The molecule has 0 bridgehead atoms. The molecule has 5 rings (SSSR count). The summed E-state index contributed by atoms with van der Waals surface area (Å²) in [5.41, 5.74) is 12.0. The van der Waals surface area contributed by atoms with E-state index in [1.807, 2.05) is 0 Å². The van der Waals surface area contributed by atoms with Crippen LogP contribution in [0.15, 0.2) is 44.4 Å². The van der Waals surface area contributed by atoms with Crippen molar-refractivity contribution < 1.29 is 24.3 Å². The lowest BCUT2D eigenvalue weighted by atomic mass is 10.0. The predicted octanol–water partition coefficient (Wildman–Crippen LogP) is 1.61. The van der Waals surface area contributed by atoms with Crippen molar-refractivity contribution in [3.63, 3.8) is 0 Å². The number of amides is 2. The number of hydrogen-bond donors (Lipinski definition) is 5. The Labute approximate surface area is 252 Å². The van der Waals surface area contributed by atoms with Gasteiger partial charge in [-0.1, -0.05) is 16.9 Å². The molecule has 41 heavy (non-hydrogen) atoms. The molecule has 0 spiro atoms. The van der Waals surface area contributed by atoms with Gasteiger partial charge in [-0.25, -0.2) is 9.78 Å². The number of oxime groups is 1. The molecule has 2 aliphatic heterocycles. The number of carboxylic acids is 1. The Morgan fingerprint density at radius 3 is 2.80 bits per heavy atom. The number of rotatable bonds is 10. The lowest BCUT2D eigenvalue weighted by Crippen LogP contribution is -2.71. The molecule has 7 N–H and O–H groups in total. The van der Waals surface area contributed by atoms with Gasteiger partial charge in [0.15, 0.2) is 16.0 Å². The number of β-lactam (4-membered cyclic amide) rings is 1. The summed E-state index contributed by atoms with van der Waals surface area (Å²) in [4.78, 5) is 55.3. The third-order valence-corrected chi connectivity index (χ3v) is 9.82. The number of aliphatic carboxylic acids is 1. The van der Waals surface area contributed by atoms with Gasteiger partial charge in [0, 0.05) is 27.1 Å². The van der Waals surface area contributed by atoms with Gasteiger partial charge in [-0.15, -0.1) is 23.1 Å². The number of nitrogens with zero attached hydrogens (tertiary/aromatic N) is 4. The van der Waals surface area contributed by atoms with Crippen LogP contribution in [-0.4, -0.2) is 71.9 Å². The summed E-state index contributed by atoms with van der Waals surface area (Å²) in [5, 5.41) is 21.1. The molecule has 2 fully saturated rings. The number of carbonyl (C=O) groups is 3. The number of nitrogens with two attached hydrogens (primary N) is 2. The Bertz CT molecular complexity index is 1440. The Balaban J connectivity index is 1.31. The summed E-state index contributed by atoms with van der Waals surface area (Å²) in [6.07, 6.45) is 5.25. The fourth-order valence-electron chi connectivity index (χ4n) is 4.54. The van der Waals surface area contributed by atoms with Gasteiger partial charge >= 0.3 is 5.97 Å². The quantitative estimate of drug-likeness (QED) is 0.109. The highest BCUT2D eigenvalue weighted by Crippen LogP contribution is 2.45. The predicted molar refractivity (Wildman–Crippen MR) is 160 cm³/mol. The van der Waals surface area contributed by atoms with E-state index >= 15 is 0 Å². The molecule has 0 aromatic carbocycles. The molecule has 2 amide bonds. The van der Waals surface area contributed by atoms with Crippen molar-refractivity contribution >= 4 is 80.8 Å². The van der Waals surface area contributed by atoms with Crippen LogP contribution in [0.1, 0.15) is 37.1 Å². The number of thiazole rings is 1. The number of aromatic nitrogens is 2. The molecule has 2 aromatic heterocycles. The first-order valence-corrected chi connectivity index (χ1v) is 15.7. The van der Waals surface area contributed by atoms with Crippen molar-refractivity contribution in [2.45, 2.75) is 54.6 Å². The van der Waals surface area contributed by atoms with Crippen molar-refractivity contribution in [2.75, 3.05) is 11.5 Å². The summed E-state index contributed by atoms with van der Waals surface area (Å²) in [6, 6.07) is 2.60. The second-order valence-corrected chi connectivity index (χ2v) is 12.9. The minimum Gasteiger partial charge on any atom is -0.477 e. The highest BCUT2D eigenvalue weighted by Gasteiger charge is 2.54. The molecular weight excluding hydrogens is 609 g/mol. The van der Waals surface area contributed by atoms with Gasteiger partial charge in [0.05, 0.1) is 12.2 Å². The number of anilines is 1. The number of carbonyl (C=O) groups excluding carboxylic acids is 2. The molecule has 17 heteroatoms. The van der Waals surface area contributed by atoms with E-state index in [4.69, 9.17) is 28.5 Å². The van der Waals surface area contributed by atoms with Gasteiger partial charge in [0.2, 0.25) is 0 Å². The van der Waals surface area contributed by atoms with E-state index in [0.29, 0.717) is 22.9 Å². The van der Waals surface area contributed by atoms with Crippen molar-refractivity contribution in [1.82, 2.24) is 25.5 Å². The monoisotopic (exact) mass is 634 g/mol. The standard InChI is InChI=1S/C24H26N8O5S4/c25-23(38)28-8-11-7-13(5-6-27-11)41-15-10-39-21-17(20(34)32(21)18(15)22(35)36)30-19(33)16(14-9-40-24(26)29-14)31-37-12-3-1-2-4-12/h5-7,9,12,17,21H,1-4,8,10H2,(H2,26,29)(H,30,33)(H,35,36)(H3,25,28,38)/t17-,21+/m1/s1. The first-order chi connectivity index (χ1) is 19.7. The molecule has 1 aliphatic carbocycles. The molecule has 0 unspecified atom stereocenters. The van der Waals surface area contributed by atoms with Gasteiger partial charge < -0.3 is 32.0 Å². The van der Waals surface area contributed by atoms with Crippen LogP contribution in [0.3, 0.4) is 0 Å². The van der Waals surface area contributed by atoms with Crippen LogP contribution in [0.25, 0.3) is 0 Å². The minimum absolute atomic E-state index is 0.0828. The number of thioether (sulfide) groups is 2. The third kappa shape index (κ3) is 6.58. The van der Waals surface area contributed by atoms with Crippen molar-refractivity contribution in [2.24, 2.45) is 10.9 Å². The van der Waals surface area contributed by atoms with E-state index in [-0.39, 0.29) is 33.5 Å². The summed E-state index contributed by atoms with van der Waals surface area (Å²) < 4.78 is 0. The topological polar surface area (TPSA) is 198 Å². The maximum Gasteiger partial charge on any atom is 0.353 e. The average Bonchev–Trinajstić information content (AvgIpc) is 3.62. The van der Waals surface area contributed by atoms with Crippen LogP contribution in [0, 0.1) is 0 Å². The SMILES string of the molecule is NC(=S)NCc1cc(SC2=C(C(=O)O)N3C(=O)[C@@H](NC(=O)C(=NOC4CCCC4)c4csc(N)n4)[C@@H]3SC2)ccn1. The highest BCUT2D eigenvalue weighted by molar-refractivity contribution is 8.06. The van der Waals surface area contributed by atoms with Crippen LogP contribution in [0.4, 0.5) is 5.13 Å². The van der Waals surface area contributed by atoms with E-state index in [2.05, 4.69) is 25.8 Å². The number of carboxylic acid groups (broad SMARTS) is 1. The van der Waals surface area contributed by atoms with Crippen LogP contribution in [0.2, 0.25) is 0 Å². The first kappa shape index (κ1) is 29.1. The number of thiocarbonyl (C=S) groups is 1. The van der Waals surface area contributed by atoms with Gasteiger partial charge in [0.25, 0.3) is 11.8 Å². The fraction of sp³-hybridized carbons (Fsp3) is 0.375. The molecule has 1 saturated heterocycles. The normalized spacial score (nSPS) is 20.8. The van der Waals surface area contributed by atoms with E-state index in [0.717, 1.165) is 41.9 Å². The first-order valence-electron chi connectivity index (χ1n) is 12.5.